The second-order valence-electron chi connectivity index (χ2n) is 7.38. The molecule has 0 atom stereocenters. The third-order valence-electron chi connectivity index (χ3n) is 5.13. The molecule has 1 saturated heterocycles. The molecule has 3 amide bonds. The zero-order chi connectivity index (χ0) is 21.5. The summed E-state index contributed by atoms with van der Waals surface area (Å²) in [7, 11) is 0. The van der Waals surface area contributed by atoms with Crippen LogP contribution in [-0.4, -0.2) is 61.9 Å². The van der Waals surface area contributed by atoms with E-state index in [0.29, 0.717) is 37.4 Å². The molecule has 3 N–H and O–H groups in total. The Hall–Kier alpha value is -3.26. The molecule has 2 aromatic carbocycles. The van der Waals surface area contributed by atoms with Gasteiger partial charge in [-0.25, -0.2) is 4.39 Å². The minimum atomic E-state index is -0.787. The summed E-state index contributed by atoms with van der Waals surface area (Å²) in [5, 5.41) is 5.03. The summed E-state index contributed by atoms with van der Waals surface area (Å²) < 4.78 is 12.9. The minimum Gasteiger partial charge on any atom is -0.342 e. The largest absolute Gasteiger partial charge is 0.342 e. The highest BCUT2D eigenvalue weighted by Crippen LogP contribution is 2.08. The summed E-state index contributed by atoms with van der Waals surface area (Å²) in [5.41, 5.74) is 2.18. The molecule has 8 heteroatoms. The van der Waals surface area contributed by atoms with Crippen molar-refractivity contribution in [3.63, 3.8) is 0 Å². The molecule has 0 aliphatic carbocycles. The van der Waals surface area contributed by atoms with Crippen LogP contribution in [0.15, 0.2) is 48.5 Å². The second-order valence-corrected chi connectivity index (χ2v) is 7.38. The number of piperazine rings is 1. The maximum Gasteiger partial charge on any atom is 0.313 e. The summed E-state index contributed by atoms with van der Waals surface area (Å²) in [6.07, 6.45) is 0. The van der Waals surface area contributed by atoms with Crippen LogP contribution >= 0.6 is 0 Å². The Bertz CT molecular complexity index is 892. The van der Waals surface area contributed by atoms with Crippen LogP contribution in [0.1, 0.15) is 15.9 Å². The van der Waals surface area contributed by atoms with Crippen molar-refractivity contribution in [1.82, 2.24) is 10.2 Å². The quantitative estimate of drug-likeness (QED) is 0.614. The highest BCUT2D eigenvalue weighted by Gasteiger charge is 2.24. The molecule has 1 heterocycles. The van der Waals surface area contributed by atoms with Gasteiger partial charge < -0.3 is 20.4 Å². The SMILES string of the molecule is Cc1ccc(C(=O)N2CC[NH+](CCNC(=O)C(=O)Nc3ccc(F)cc3)CC2)cc1. The van der Waals surface area contributed by atoms with E-state index in [2.05, 4.69) is 10.6 Å². The lowest BCUT2D eigenvalue weighted by atomic mass is 10.1. The zero-order valence-corrected chi connectivity index (χ0v) is 16.9. The lowest BCUT2D eigenvalue weighted by Crippen LogP contribution is -3.15. The highest BCUT2D eigenvalue weighted by atomic mass is 19.1. The first-order valence-electron chi connectivity index (χ1n) is 9.96. The van der Waals surface area contributed by atoms with E-state index < -0.39 is 17.6 Å². The molecule has 3 rings (SSSR count). The minimum absolute atomic E-state index is 0.0415. The number of quaternary nitrogens is 1. The fraction of sp³-hybridized carbons (Fsp3) is 0.318. The summed E-state index contributed by atoms with van der Waals surface area (Å²) in [6, 6.07) is 12.8. The molecular formula is C22H26FN4O3+. The van der Waals surface area contributed by atoms with E-state index in [1.807, 2.05) is 36.1 Å². The van der Waals surface area contributed by atoms with Crippen molar-refractivity contribution in [2.45, 2.75) is 6.92 Å². The van der Waals surface area contributed by atoms with Gasteiger partial charge in [0.2, 0.25) is 0 Å². The van der Waals surface area contributed by atoms with Gasteiger partial charge >= 0.3 is 11.8 Å². The first-order chi connectivity index (χ1) is 14.4. The van der Waals surface area contributed by atoms with Crippen LogP contribution < -0.4 is 15.5 Å². The smallest absolute Gasteiger partial charge is 0.313 e. The van der Waals surface area contributed by atoms with Crippen LogP contribution in [0.3, 0.4) is 0 Å². The molecule has 158 valence electrons. The fourth-order valence-corrected chi connectivity index (χ4v) is 3.31. The lowest BCUT2D eigenvalue weighted by Gasteiger charge is -2.32. The van der Waals surface area contributed by atoms with Gasteiger partial charge in [-0.1, -0.05) is 17.7 Å². The topological polar surface area (TPSA) is 83.0 Å². The van der Waals surface area contributed by atoms with Gasteiger partial charge in [-0.05, 0) is 43.3 Å². The van der Waals surface area contributed by atoms with Crippen molar-refractivity contribution in [1.29, 1.82) is 0 Å². The van der Waals surface area contributed by atoms with Gasteiger partial charge in [0.05, 0.1) is 39.3 Å². The number of halogens is 1. The van der Waals surface area contributed by atoms with Gasteiger partial charge in [-0.3, -0.25) is 14.4 Å². The number of rotatable bonds is 5. The van der Waals surface area contributed by atoms with E-state index >= 15 is 0 Å². The Morgan fingerprint density at radius 3 is 2.23 bits per heavy atom. The molecule has 1 aliphatic heterocycles. The number of nitrogens with one attached hydrogen (secondary N) is 3. The van der Waals surface area contributed by atoms with E-state index in [-0.39, 0.29) is 5.91 Å². The number of hydrogen-bond acceptors (Lipinski definition) is 3. The normalized spacial score (nSPS) is 14.3. The van der Waals surface area contributed by atoms with Crippen molar-refractivity contribution < 1.29 is 23.7 Å². The first kappa shape index (κ1) is 21.4. The molecule has 0 aromatic heterocycles. The van der Waals surface area contributed by atoms with Crippen molar-refractivity contribution >= 4 is 23.4 Å². The summed E-state index contributed by atoms with van der Waals surface area (Å²) >= 11 is 0. The Morgan fingerprint density at radius 2 is 1.60 bits per heavy atom. The van der Waals surface area contributed by atoms with Gasteiger partial charge in [0.25, 0.3) is 5.91 Å². The Balaban J connectivity index is 1.36. The third-order valence-corrected chi connectivity index (χ3v) is 5.13. The number of aryl methyl sites for hydroxylation is 1. The zero-order valence-electron chi connectivity index (χ0n) is 16.9. The molecule has 7 nitrogen and oxygen atoms in total. The van der Waals surface area contributed by atoms with Crippen LogP contribution in [0.4, 0.5) is 10.1 Å². The summed E-state index contributed by atoms with van der Waals surface area (Å²) in [6.45, 7) is 5.90. The molecule has 2 aromatic rings. The maximum absolute atomic E-state index is 12.9. The van der Waals surface area contributed by atoms with Crippen LogP contribution in [0.25, 0.3) is 0 Å². The molecular weight excluding hydrogens is 387 g/mol. The molecule has 0 saturated carbocycles. The van der Waals surface area contributed by atoms with Gasteiger partial charge in [-0.2, -0.15) is 0 Å². The molecule has 0 radical (unpaired) electrons. The van der Waals surface area contributed by atoms with Crippen LogP contribution in [0, 0.1) is 12.7 Å². The van der Waals surface area contributed by atoms with Crippen molar-refractivity contribution in [3.8, 4) is 0 Å². The Labute approximate surface area is 174 Å². The molecule has 0 bridgehead atoms. The number of hydrogen-bond donors (Lipinski definition) is 3. The van der Waals surface area contributed by atoms with E-state index in [1.54, 1.807) is 0 Å². The standard InChI is InChI=1S/C22H25FN4O3/c1-16-2-4-17(5-3-16)22(30)27-14-12-26(13-15-27)11-10-24-20(28)21(29)25-19-8-6-18(23)7-9-19/h2-9H,10-15H2,1H3,(H,24,28)(H,25,29)/p+1. The number of nitrogens with zero attached hydrogens (tertiary/aromatic N) is 1. The predicted octanol–water partition coefficient (Wildman–Crippen LogP) is 0.230. The Kier molecular flexibility index (Phi) is 7.13. The van der Waals surface area contributed by atoms with Crippen molar-refractivity contribution in [2.24, 2.45) is 0 Å². The number of anilines is 1. The van der Waals surface area contributed by atoms with Crippen molar-refractivity contribution in [3.05, 3.63) is 65.5 Å². The van der Waals surface area contributed by atoms with Crippen LogP contribution in [-0.2, 0) is 9.59 Å². The number of amides is 3. The van der Waals surface area contributed by atoms with Gasteiger partial charge in [0.1, 0.15) is 5.82 Å². The van der Waals surface area contributed by atoms with Gasteiger partial charge in [0, 0.05) is 11.3 Å². The second kappa shape index (κ2) is 9.98. The molecule has 1 fully saturated rings. The monoisotopic (exact) mass is 413 g/mol. The number of carbonyl (C=O) groups excluding carboxylic acids is 3. The highest BCUT2D eigenvalue weighted by molar-refractivity contribution is 6.39. The average Bonchev–Trinajstić information content (AvgIpc) is 2.76. The molecule has 0 unspecified atom stereocenters. The third kappa shape index (κ3) is 5.87. The average molecular weight is 413 g/mol. The molecule has 0 spiro atoms. The van der Waals surface area contributed by atoms with E-state index in [0.717, 1.165) is 18.7 Å². The predicted molar refractivity (Wildman–Crippen MR) is 111 cm³/mol. The lowest BCUT2D eigenvalue weighted by molar-refractivity contribution is -0.902. The van der Waals surface area contributed by atoms with Crippen LogP contribution in [0.5, 0.6) is 0 Å². The number of carbonyl (C=O) groups is 3. The van der Waals surface area contributed by atoms with E-state index in [9.17, 15) is 18.8 Å². The molecule has 1 aliphatic rings. The van der Waals surface area contributed by atoms with E-state index in [1.165, 1.54) is 29.2 Å². The van der Waals surface area contributed by atoms with Gasteiger partial charge in [-0.15, -0.1) is 0 Å². The van der Waals surface area contributed by atoms with Gasteiger partial charge in [0.15, 0.2) is 0 Å². The van der Waals surface area contributed by atoms with Crippen molar-refractivity contribution in [2.75, 3.05) is 44.6 Å². The summed E-state index contributed by atoms with van der Waals surface area (Å²) in [4.78, 5) is 39.5. The summed E-state index contributed by atoms with van der Waals surface area (Å²) in [5.74, 6) is -1.89. The number of benzene rings is 2. The van der Waals surface area contributed by atoms with E-state index in [4.69, 9.17) is 0 Å². The molecule has 30 heavy (non-hydrogen) atoms. The first-order valence-corrected chi connectivity index (χ1v) is 9.96. The fourth-order valence-electron chi connectivity index (χ4n) is 3.31. The van der Waals surface area contributed by atoms with Crippen LogP contribution in [0.2, 0.25) is 0 Å². The Morgan fingerprint density at radius 1 is 0.967 bits per heavy atom. The maximum atomic E-state index is 12.9.